The molecule has 1 fully saturated rings. The quantitative estimate of drug-likeness (QED) is 0.744. The van der Waals surface area contributed by atoms with Crippen LogP contribution in [0.5, 0.6) is 11.5 Å². The molecule has 0 aliphatic carbocycles. The van der Waals surface area contributed by atoms with Crippen LogP contribution in [0.2, 0.25) is 0 Å². The van der Waals surface area contributed by atoms with Crippen LogP contribution in [-0.4, -0.2) is 49.6 Å². The van der Waals surface area contributed by atoms with Crippen LogP contribution in [0.1, 0.15) is 19.3 Å². The number of nitrogens with one attached hydrogen (secondary N) is 1. The monoisotopic (exact) mass is 342 g/mol. The lowest BCUT2D eigenvalue weighted by Crippen LogP contribution is -2.46. The lowest BCUT2D eigenvalue weighted by Gasteiger charge is -2.33. The number of anilines is 1. The molecule has 1 aromatic heterocycles. The van der Waals surface area contributed by atoms with Crippen LogP contribution in [0.15, 0.2) is 42.6 Å². The number of benzene rings is 1. The van der Waals surface area contributed by atoms with Gasteiger partial charge in [-0.1, -0.05) is 0 Å². The molecule has 1 aliphatic rings. The Morgan fingerprint density at radius 2 is 2.04 bits per heavy atom. The van der Waals surface area contributed by atoms with E-state index in [-0.39, 0.29) is 0 Å². The number of methoxy groups -OCH3 is 1. The van der Waals surface area contributed by atoms with E-state index in [0.29, 0.717) is 12.6 Å². The molecule has 25 heavy (non-hydrogen) atoms. The van der Waals surface area contributed by atoms with Crippen molar-refractivity contribution in [2.45, 2.75) is 25.3 Å². The molecule has 0 saturated carbocycles. The Bertz CT molecular complexity index is 621. The van der Waals surface area contributed by atoms with E-state index in [9.17, 15) is 0 Å². The molecule has 0 unspecified atom stereocenters. The molecule has 1 aromatic carbocycles. The van der Waals surface area contributed by atoms with Crippen molar-refractivity contribution in [3.63, 3.8) is 0 Å². The second-order valence-corrected chi connectivity index (χ2v) is 6.20. The zero-order valence-electron chi connectivity index (χ0n) is 14.7. The molecule has 3 rings (SSSR count). The molecule has 1 saturated heterocycles. The second-order valence-electron chi connectivity index (χ2n) is 6.20. The number of aromatic nitrogens is 2. The molecule has 2 aromatic rings. The minimum atomic E-state index is 0.497. The van der Waals surface area contributed by atoms with Gasteiger partial charge in [0.05, 0.1) is 13.7 Å². The maximum Gasteiger partial charge on any atom is 0.151 e. The van der Waals surface area contributed by atoms with E-state index in [2.05, 4.69) is 20.4 Å². The maximum atomic E-state index is 5.76. The molecular weight excluding hydrogens is 316 g/mol. The van der Waals surface area contributed by atoms with Crippen molar-refractivity contribution in [2.24, 2.45) is 0 Å². The van der Waals surface area contributed by atoms with Gasteiger partial charge in [-0.15, -0.1) is 5.10 Å². The lowest BCUT2D eigenvalue weighted by atomic mass is 10.1. The van der Waals surface area contributed by atoms with Gasteiger partial charge in [-0.3, -0.25) is 0 Å². The number of hydrogen-bond acceptors (Lipinski definition) is 6. The Labute approximate surface area is 149 Å². The molecule has 6 heteroatoms. The minimum absolute atomic E-state index is 0.497. The van der Waals surface area contributed by atoms with Crippen LogP contribution in [0.25, 0.3) is 0 Å². The van der Waals surface area contributed by atoms with Crippen LogP contribution in [0, 0.1) is 0 Å². The van der Waals surface area contributed by atoms with Crippen molar-refractivity contribution >= 4 is 5.82 Å². The van der Waals surface area contributed by atoms with Gasteiger partial charge in [0.1, 0.15) is 11.5 Å². The van der Waals surface area contributed by atoms with Gasteiger partial charge in [0.25, 0.3) is 0 Å². The SMILES string of the molecule is COc1ccc(OCCCN[C@H]2CCCN(c3cccnn3)C2)cc1. The first kappa shape index (κ1) is 17.5. The number of ether oxygens (including phenoxy) is 2. The number of nitrogens with zero attached hydrogens (tertiary/aromatic N) is 3. The zero-order chi connectivity index (χ0) is 17.3. The van der Waals surface area contributed by atoms with Crippen LogP contribution in [-0.2, 0) is 0 Å². The Morgan fingerprint density at radius 3 is 2.80 bits per heavy atom. The normalized spacial score (nSPS) is 17.3. The van der Waals surface area contributed by atoms with E-state index in [1.807, 2.05) is 36.4 Å². The van der Waals surface area contributed by atoms with E-state index in [1.54, 1.807) is 13.3 Å². The third-order valence-electron chi connectivity index (χ3n) is 4.39. The first-order valence-electron chi connectivity index (χ1n) is 8.88. The van der Waals surface area contributed by atoms with Gasteiger partial charge in [0.2, 0.25) is 0 Å². The molecule has 0 radical (unpaired) electrons. The van der Waals surface area contributed by atoms with E-state index >= 15 is 0 Å². The van der Waals surface area contributed by atoms with Crippen LogP contribution in [0.3, 0.4) is 0 Å². The summed E-state index contributed by atoms with van der Waals surface area (Å²) >= 11 is 0. The molecule has 1 N–H and O–H groups in total. The lowest BCUT2D eigenvalue weighted by molar-refractivity contribution is 0.301. The number of piperidine rings is 1. The van der Waals surface area contributed by atoms with Gasteiger partial charge in [0.15, 0.2) is 5.82 Å². The summed E-state index contributed by atoms with van der Waals surface area (Å²) in [5, 5.41) is 11.8. The molecule has 0 spiro atoms. The van der Waals surface area contributed by atoms with E-state index in [0.717, 1.165) is 43.4 Å². The van der Waals surface area contributed by atoms with Crippen LogP contribution in [0.4, 0.5) is 5.82 Å². The standard InChI is InChI=1S/C19H26N4O2/c1-24-17-7-9-18(10-8-17)25-14-4-11-20-16-5-3-13-23(15-16)19-6-2-12-21-22-19/h2,6-10,12,16,20H,3-5,11,13-15H2,1H3/t16-/m0/s1. The molecular formula is C19H26N4O2. The highest BCUT2D eigenvalue weighted by Crippen LogP contribution is 2.18. The minimum Gasteiger partial charge on any atom is -0.497 e. The van der Waals surface area contributed by atoms with Gasteiger partial charge in [-0.05, 0) is 62.2 Å². The van der Waals surface area contributed by atoms with Gasteiger partial charge in [-0.2, -0.15) is 5.10 Å². The van der Waals surface area contributed by atoms with Crippen molar-refractivity contribution in [3.8, 4) is 11.5 Å². The summed E-state index contributed by atoms with van der Waals surface area (Å²) in [6.07, 6.45) is 5.08. The zero-order valence-corrected chi connectivity index (χ0v) is 14.7. The molecule has 0 amide bonds. The summed E-state index contributed by atoms with van der Waals surface area (Å²) < 4.78 is 10.9. The molecule has 6 nitrogen and oxygen atoms in total. The summed E-state index contributed by atoms with van der Waals surface area (Å²) in [5.74, 6) is 2.70. The molecule has 1 aliphatic heterocycles. The Balaban J connectivity index is 1.34. The predicted molar refractivity (Wildman–Crippen MR) is 98.4 cm³/mol. The summed E-state index contributed by atoms with van der Waals surface area (Å²) in [5.41, 5.74) is 0. The molecule has 0 bridgehead atoms. The Morgan fingerprint density at radius 1 is 1.20 bits per heavy atom. The van der Waals surface area contributed by atoms with Crippen molar-refractivity contribution in [3.05, 3.63) is 42.6 Å². The van der Waals surface area contributed by atoms with Crippen molar-refractivity contribution in [1.82, 2.24) is 15.5 Å². The first-order valence-corrected chi connectivity index (χ1v) is 8.88. The predicted octanol–water partition coefficient (Wildman–Crippen LogP) is 2.51. The molecule has 2 heterocycles. The van der Waals surface area contributed by atoms with Crippen LogP contribution >= 0.6 is 0 Å². The average molecular weight is 342 g/mol. The average Bonchev–Trinajstić information content (AvgIpc) is 2.69. The highest BCUT2D eigenvalue weighted by atomic mass is 16.5. The van der Waals surface area contributed by atoms with E-state index in [4.69, 9.17) is 9.47 Å². The Hall–Kier alpha value is -2.34. The summed E-state index contributed by atoms with van der Waals surface area (Å²) in [4.78, 5) is 2.31. The van der Waals surface area contributed by atoms with Gasteiger partial charge >= 0.3 is 0 Å². The maximum absolute atomic E-state index is 5.76. The third-order valence-corrected chi connectivity index (χ3v) is 4.39. The fraction of sp³-hybridized carbons (Fsp3) is 0.474. The van der Waals surface area contributed by atoms with Crippen molar-refractivity contribution in [1.29, 1.82) is 0 Å². The van der Waals surface area contributed by atoms with Crippen molar-refractivity contribution < 1.29 is 9.47 Å². The topological polar surface area (TPSA) is 59.5 Å². The fourth-order valence-corrected chi connectivity index (χ4v) is 3.05. The van der Waals surface area contributed by atoms with Gasteiger partial charge < -0.3 is 19.7 Å². The second kappa shape index (κ2) is 9.22. The Kier molecular flexibility index (Phi) is 6.45. The highest BCUT2D eigenvalue weighted by Gasteiger charge is 2.20. The summed E-state index contributed by atoms with van der Waals surface area (Å²) in [6, 6.07) is 12.2. The molecule has 134 valence electrons. The summed E-state index contributed by atoms with van der Waals surface area (Å²) in [6.45, 7) is 3.70. The smallest absolute Gasteiger partial charge is 0.151 e. The first-order chi connectivity index (χ1) is 12.3. The van der Waals surface area contributed by atoms with Crippen LogP contribution < -0.4 is 19.7 Å². The van der Waals surface area contributed by atoms with Gasteiger partial charge in [-0.25, -0.2) is 0 Å². The van der Waals surface area contributed by atoms with Gasteiger partial charge in [0, 0.05) is 25.3 Å². The third kappa shape index (κ3) is 5.32. The fourth-order valence-electron chi connectivity index (χ4n) is 3.05. The number of hydrogen-bond donors (Lipinski definition) is 1. The van der Waals surface area contributed by atoms with E-state index in [1.165, 1.54) is 12.8 Å². The largest absolute Gasteiger partial charge is 0.497 e. The summed E-state index contributed by atoms with van der Waals surface area (Å²) in [7, 11) is 1.66. The highest BCUT2D eigenvalue weighted by molar-refractivity contribution is 5.37. The molecule has 1 atom stereocenters. The van der Waals surface area contributed by atoms with Crippen molar-refractivity contribution in [2.75, 3.05) is 38.3 Å². The number of rotatable bonds is 8. The van der Waals surface area contributed by atoms with E-state index < -0.39 is 0 Å².